The lowest BCUT2D eigenvalue weighted by molar-refractivity contribution is 0.310. The largest absolute Gasteiger partial charge is 0.496 e. The Morgan fingerprint density at radius 1 is 0.830 bits per heavy atom. The van der Waals surface area contributed by atoms with Crippen molar-refractivity contribution in [3.8, 4) is 23.1 Å². The fourth-order valence-corrected chi connectivity index (χ4v) is 5.24. The van der Waals surface area contributed by atoms with Crippen LogP contribution < -0.4 is 19.6 Å². The summed E-state index contributed by atoms with van der Waals surface area (Å²) in [6, 6.07) is 22.8. The highest BCUT2D eigenvalue weighted by Crippen LogP contribution is 2.34. The molecular formula is C38H45ClN4O4. The van der Waals surface area contributed by atoms with Gasteiger partial charge in [-0.25, -0.2) is 9.67 Å². The van der Waals surface area contributed by atoms with Crippen LogP contribution in [-0.2, 0) is 12.0 Å². The fourth-order valence-electron chi connectivity index (χ4n) is 5.05. The van der Waals surface area contributed by atoms with Crippen molar-refractivity contribution in [2.45, 2.75) is 61.5 Å². The van der Waals surface area contributed by atoms with Gasteiger partial charge in [0, 0.05) is 45.6 Å². The van der Waals surface area contributed by atoms with Gasteiger partial charge in [-0.1, -0.05) is 77.6 Å². The van der Waals surface area contributed by atoms with Gasteiger partial charge in [-0.05, 0) is 49.7 Å². The van der Waals surface area contributed by atoms with E-state index in [4.69, 9.17) is 25.8 Å². The Balaban J connectivity index is 0.000000245. The SMILES string of the molecule is C.C.COc1ccc2c(=O)cc(-n3ccc(C(C)(C)C)n3)[nH]c2c1C.COc1ccc2c(OCc3ccccc3)cc(Cl)nc2c1C. The van der Waals surface area contributed by atoms with Crippen molar-refractivity contribution in [2.75, 3.05) is 14.2 Å². The number of H-pyrrole nitrogens is 1. The maximum atomic E-state index is 12.4. The second-order valence-electron chi connectivity index (χ2n) is 11.7. The van der Waals surface area contributed by atoms with Crippen LogP contribution in [0.4, 0.5) is 0 Å². The normalized spacial score (nSPS) is 10.8. The van der Waals surface area contributed by atoms with E-state index in [2.05, 4.69) is 35.8 Å². The molecule has 47 heavy (non-hydrogen) atoms. The van der Waals surface area contributed by atoms with Crippen molar-refractivity contribution in [1.29, 1.82) is 0 Å². The maximum absolute atomic E-state index is 12.4. The molecule has 0 bridgehead atoms. The number of ether oxygens (including phenoxy) is 3. The van der Waals surface area contributed by atoms with Crippen LogP contribution in [0.5, 0.6) is 17.2 Å². The van der Waals surface area contributed by atoms with Gasteiger partial charge in [0.25, 0.3) is 0 Å². The third-order valence-corrected chi connectivity index (χ3v) is 7.79. The number of rotatable bonds is 6. The fraction of sp³-hybridized carbons (Fsp3) is 0.289. The first-order valence-electron chi connectivity index (χ1n) is 14.6. The second-order valence-corrected chi connectivity index (χ2v) is 12.1. The van der Waals surface area contributed by atoms with E-state index in [9.17, 15) is 4.79 Å². The molecule has 0 unspecified atom stereocenters. The van der Waals surface area contributed by atoms with E-state index in [1.165, 1.54) is 0 Å². The minimum Gasteiger partial charge on any atom is -0.496 e. The first kappa shape index (κ1) is 36.6. The van der Waals surface area contributed by atoms with Crippen molar-refractivity contribution in [3.63, 3.8) is 0 Å². The van der Waals surface area contributed by atoms with Crippen molar-refractivity contribution < 1.29 is 14.2 Å². The Morgan fingerprint density at radius 3 is 2.09 bits per heavy atom. The summed E-state index contributed by atoms with van der Waals surface area (Å²) >= 11 is 6.14. The summed E-state index contributed by atoms with van der Waals surface area (Å²) in [5, 5.41) is 6.57. The molecule has 3 heterocycles. The summed E-state index contributed by atoms with van der Waals surface area (Å²) in [6.07, 6.45) is 1.87. The van der Waals surface area contributed by atoms with Gasteiger partial charge in [-0.3, -0.25) is 4.79 Å². The molecule has 3 aromatic carbocycles. The molecule has 0 aliphatic carbocycles. The lowest BCUT2D eigenvalue weighted by atomic mass is 9.93. The Bertz CT molecular complexity index is 2030. The number of aromatic amines is 1. The smallest absolute Gasteiger partial charge is 0.191 e. The predicted octanol–water partition coefficient (Wildman–Crippen LogP) is 9.38. The molecule has 6 rings (SSSR count). The van der Waals surface area contributed by atoms with Gasteiger partial charge in [0.05, 0.1) is 30.9 Å². The van der Waals surface area contributed by atoms with E-state index in [1.807, 2.05) is 74.6 Å². The first-order chi connectivity index (χ1) is 21.5. The van der Waals surface area contributed by atoms with Crippen LogP contribution in [0.3, 0.4) is 0 Å². The van der Waals surface area contributed by atoms with Gasteiger partial charge in [0.2, 0.25) is 0 Å². The van der Waals surface area contributed by atoms with Gasteiger partial charge < -0.3 is 19.2 Å². The molecule has 1 N–H and O–H groups in total. The number of benzene rings is 3. The second kappa shape index (κ2) is 15.2. The topological polar surface area (TPSA) is 91.3 Å². The van der Waals surface area contributed by atoms with Gasteiger partial charge in [-0.15, -0.1) is 0 Å². The summed E-state index contributed by atoms with van der Waals surface area (Å²) in [5.74, 6) is 2.91. The highest BCUT2D eigenvalue weighted by molar-refractivity contribution is 6.30. The molecule has 0 fully saturated rings. The number of hydrogen-bond donors (Lipinski definition) is 1. The minimum absolute atomic E-state index is 0. The molecule has 0 radical (unpaired) electrons. The number of methoxy groups -OCH3 is 2. The number of pyridine rings is 2. The molecule has 248 valence electrons. The molecule has 0 amide bonds. The van der Waals surface area contributed by atoms with E-state index in [1.54, 1.807) is 37.1 Å². The number of fused-ring (bicyclic) bond motifs is 2. The van der Waals surface area contributed by atoms with Crippen molar-refractivity contribution in [1.82, 2.24) is 19.7 Å². The van der Waals surface area contributed by atoms with Crippen LogP contribution in [0.1, 0.15) is 58.0 Å². The molecule has 0 spiro atoms. The Morgan fingerprint density at radius 2 is 1.47 bits per heavy atom. The molecule has 0 saturated heterocycles. The summed E-state index contributed by atoms with van der Waals surface area (Å²) < 4.78 is 18.3. The molecule has 0 aliphatic heterocycles. The van der Waals surface area contributed by atoms with E-state index in [0.717, 1.165) is 56.1 Å². The Kier molecular flexibility index (Phi) is 11.8. The van der Waals surface area contributed by atoms with Crippen molar-refractivity contribution in [2.24, 2.45) is 0 Å². The lowest BCUT2D eigenvalue weighted by Crippen LogP contribution is -2.14. The number of aryl methyl sites for hydroxylation is 2. The summed E-state index contributed by atoms with van der Waals surface area (Å²) in [5.41, 5.74) is 5.44. The zero-order valence-corrected chi connectivity index (χ0v) is 27.3. The Hall–Kier alpha value is -4.82. The van der Waals surface area contributed by atoms with Gasteiger partial charge in [0.15, 0.2) is 5.43 Å². The number of halogens is 1. The van der Waals surface area contributed by atoms with Crippen LogP contribution in [0.15, 0.2) is 83.8 Å². The van der Waals surface area contributed by atoms with E-state index >= 15 is 0 Å². The molecule has 0 atom stereocenters. The predicted molar refractivity (Wildman–Crippen MR) is 194 cm³/mol. The van der Waals surface area contributed by atoms with Crippen molar-refractivity contribution in [3.05, 3.63) is 117 Å². The standard InChI is InChI=1S/C18H16ClNO2.C18H21N3O2.2CH4/c1-12-15(21-2)9-8-14-16(10-17(19)20-18(12)14)22-11-13-6-4-3-5-7-13;1-11-14(23-5)7-6-12-13(22)10-16(19-17(11)12)21-9-8-15(20-21)18(2,3)4;;/h3-10H,11H2,1-2H3;6-10H,1-5H3,(H,19,22);2*1H4. The molecular weight excluding hydrogens is 612 g/mol. The van der Waals surface area contributed by atoms with Crippen LogP contribution in [0.25, 0.3) is 27.6 Å². The minimum atomic E-state index is -0.0401. The highest BCUT2D eigenvalue weighted by Gasteiger charge is 2.18. The zero-order chi connectivity index (χ0) is 32.3. The average Bonchev–Trinajstić information content (AvgIpc) is 3.53. The summed E-state index contributed by atoms with van der Waals surface area (Å²) in [7, 11) is 3.27. The first-order valence-corrected chi connectivity index (χ1v) is 15.0. The molecule has 3 aromatic heterocycles. The number of hydrogen-bond acceptors (Lipinski definition) is 6. The molecule has 8 nitrogen and oxygen atoms in total. The molecule has 6 aromatic rings. The molecule has 9 heteroatoms. The quantitative estimate of drug-likeness (QED) is 0.180. The van der Waals surface area contributed by atoms with Crippen LogP contribution in [0, 0.1) is 13.8 Å². The number of nitrogens with zero attached hydrogens (tertiary/aromatic N) is 3. The van der Waals surface area contributed by atoms with E-state index < -0.39 is 0 Å². The van der Waals surface area contributed by atoms with E-state index in [0.29, 0.717) is 23.0 Å². The number of nitrogens with one attached hydrogen (secondary N) is 1. The maximum Gasteiger partial charge on any atom is 0.191 e. The molecule has 0 saturated carbocycles. The third kappa shape index (κ3) is 7.95. The van der Waals surface area contributed by atoms with Gasteiger partial charge in [0.1, 0.15) is 34.8 Å². The third-order valence-electron chi connectivity index (χ3n) is 7.60. The summed E-state index contributed by atoms with van der Waals surface area (Å²) in [4.78, 5) is 20.1. The monoisotopic (exact) mass is 656 g/mol. The van der Waals surface area contributed by atoms with E-state index in [-0.39, 0.29) is 25.7 Å². The summed E-state index contributed by atoms with van der Waals surface area (Å²) in [6.45, 7) is 10.7. The van der Waals surface area contributed by atoms with Crippen LogP contribution in [-0.4, -0.2) is 34.0 Å². The van der Waals surface area contributed by atoms with Crippen LogP contribution in [0.2, 0.25) is 5.15 Å². The highest BCUT2D eigenvalue weighted by atomic mass is 35.5. The van der Waals surface area contributed by atoms with Gasteiger partial charge >= 0.3 is 0 Å². The zero-order valence-electron chi connectivity index (χ0n) is 26.6. The molecule has 0 aliphatic rings. The Labute approximate surface area is 282 Å². The van der Waals surface area contributed by atoms with Gasteiger partial charge in [-0.2, -0.15) is 5.10 Å². The van der Waals surface area contributed by atoms with Crippen LogP contribution >= 0.6 is 11.6 Å². The average molecular weight is 657 g/mol. The lowest BCUT2D eigenvalue weighted by Gasteiger charge is -2.14. The van der Waals surface area contributed by atoms with Crippen molar-refractivity contribution >= 4 is 33.4 Å². The number of aromatic nitrogens is 4.